The summed E-state index contributed by atoms with van der Waals surface area (Å²) in [4.78, 5) is 0. The predicted octanol–water partition coefficient (Wildman–Crippen LogP) is 3.82. The quantitative estimate of drug-likeness (QED) is 0.837. The molecule has 0 aliphatic carbocycles. The summed E-state index contributed by atoms with van der Waals surface area (Å²) >= 11 is 0. The van der Waals surface area contributed by atoms with Crippen molar-refractivity contribution in [3.05, 3.63) is 29.8 Å². The smallest absolute Gasteiger partial charge is 0.0664 e. The van der Waals surface area contributed by atoms with E-state index in [4.69, 9.17) is 4.74 Å². The topological polar surface area (TPSA) is 21.3 Å². The molecular weight excluding hydrogens is 210 g/mol. The number of hydrogen-bond acceptors (Lipinski definition) is 2. The summed E-state index contributed by atoms with van der Waals surface area (Å²) < 4.78 is 5.43. The van der Waals surface area contributed by atoms with Gasteiger partial charge in [0, 0.05) is 18.3 Å². The first-order chi connectivity index (χ1) is 7.95. The minimum atomic E-state index is 0.162. The highest BCUT2D eigenvalue weighted by atomic mass is 16.5. The third-order valence-electron chi connectivity index (χ3n) is 2.71. The third-order valence-corrected chi connectivity index (χ3v) is 2.71. The molecule has 0 bridgehead atoms. The van der Waals surface area contributed by atoms with Gasteiger partial charge in [0.1, 0.15) is 0 Å². The third kappa shape index (κ3) is 4.39. The second kappa shape index (κ2) is 6.06. The largest absolute Gasteiger partial charge is 0.380 e. The zero-order valence-corrected chi connectivity index (χ0v) is 11.7. The number of rotatable bonds is 5. The first kappa shape index (κ1) is 14.0. The Morgan fingerprint density at radius 2 is 1.88 bits per heavy atom. The summed E-state index contributed by atoms with van der Waals surface area (Å²) in [5, 5.41) is 3.53. The number of hydrogen-bond donors (Lipinski definition) is 1. The lowest BCUT2D eigenvalue weighted by atomic mass is 9.85. The Kier molecular flexibility index (Phi) is 5.01. The molecule has 0 amide bonds. The Labute approximate surface area is 105 Å². The Hall–Kier alpha value is -1.02. The van der Waals surface area contributed by atoms with E-state index in [0.29, 0.717) is 6.04 Å². The van der Waals surface area contributed by atoms with Crippen molar-refractivity contribution in [1.82, 2.24) is 0 Å². The summed E-state index contributed by atoms with van der Waals surface area (Å²) in [5.74, 6) is 0. The number of benzene rings is 1. The maximum Gasteiger partial charge on any atom is 0.0664 e. The van der Waals surface area contributed by atoms with Crippen molar-refractivity contribution in [2.45, 2.75) is 46.1 Å². The van der Waals surface area contributed by atoms with Gasteiger partial charge in [0.25, 0.3) is 0 Å². The average Bonchev–Trinajstić information content (AvgIpc) is 2.25. The van der Waals surface area contributed by atoms with Crippen LogP contribution in [0.15, 0.2) is 24.3 Å². The van der Waals surface area contributed by atoms with Crippen molar-refractivity contribution in [3.8, 4) is 0 Å². The second-order valence-corrected chi connectivity index (χ2v) is 5.50. The van der Waals surface area contributed by atoms with E-state index in [1.165, 1.54) is 11.3 Å². The maximum absolute atomic E-state index is 5.43. The molecule has 1 N–H and O–H groups in total. The van der Waals surface area contributed by atoms with Crippen LogP contribution in [0.3, 0.4) is 0 Å². The highest BCUT2D eigenvalue weighted by Gasteiger charge is 2.18. The van der Waals surface area contributed by atoms with E-state index in [-0.39, 0.29) is 5.41 Å². The van der Waals surface area contributed by atoms with Gasteiger partial charge in [-0.1, -0.05) is 39.0 Å². The fraction of sp³-hybridized carbons (Fsp3) is 0.600. The Morgan fingerprint density at radius 1 is 1.24 bits per heavy atom. The van der Waals surface area contributed by atoms with Crippen molar-refractivity contribution in [2.75, 3.05) is 18.5 Å². The van der Waals surface area contributed by atoms with Gasteiger partial charge in [-0.2, -0.15) is 0 Å². The summed E-state index contributed by atoms with van der Waals surface area (Å²) in [6.45, 7) is 12.4. The fourth-order valence-electron chi connectivity index (χ4n) is 1.86. The summed E-state index contributed by atoms with van der Waals surface area (Å²) in [6, 6.07) is 8.83. The lowest BCUT2D eigenvalue weighted by Crippen LogP contribution is -2.24. The molecule has 0 aliphatic rings. The van der Waals surface area contributed by atoms with Crippen molar-refractivity contribution in [3.63, 3.8) is 0 Å². The number of ether oxygens (including phenoxy) is 1. The van der Waals surface area contributed by atoms with Crippen LogP contribution in [0.5, 0.6) is 0 Å². The normalized spacial score (nSPS) is 13.5. The molecule has 1 aromatic carbocycles. The van der Waals surface area contributed by atoms with E-state index >= 15 is 0 Å². The van der Waals surface area contributed by atoms with Gasteiger partial charge in [0.15, 0.2) is 0 Å². The van der Waals surface area contributed by atoms with E-state index in [2.05, 4.69) is 57.3 Å². The molecule has 1 rings (SSSR count). The fourth-order valence-corrected chi connectivity index (χ4v) is 1.86. The van der Waals surface area contributed by atoms with Gasteiger partial charge >= 0.3 is 0 Å². The van der Waals surface area contributed by atoms with Gasteiger partial charge in [-0.3, -0.25) is 0 Å². The molecule has 17 heavy (non-hydrogen) atoms. The zero-order chi connectivity index (χ0) is 12.9. The first-order valence-corrected chi connectivity index (χ1v) is 6.39. The number of anilines is 1. The van der Waals surface area contributed by atoms with Crippen LogP contribution >= 0.6 is 0 Å². The minimum absolute atomic E-state index is 0.162. The molecule has 2 nitrogen and oxygen atoms in total. The summed E-state index contributed by atoms with van der Waals surface area (Å²) in [6.07, 6.45) is 0. The predicted molar refractivity (Wildman–Crippen MR) is 74.7 cm³/mol. The average molecular weight is 235 g/mol. The monoisotopic (exact) mass is 235 g/mol. The zero-order valence-electron chi connectivity index (χ0n) is 11.7. The van der Waals surface area contributed by atoms with Gasteiger partial charge in [0.05, 0.1) is 6.61 Å². The van der Waals surface area contributed by atoms with Gasteiger partial charge in [0.2, 0.25) is 0 Å². The Balaban J connectivity index is 2.77. The Bertz CT molecular complexity index is 341. The van der Waals surface area contributed by atoms with Crippen molar-refractivity contribution < 1.29 is 4.74 Å². The summed E-state index contributed by atoms with van der Waals surface area (Å²) in [5.41, 5.74) is 2.73. The molecule has 0 saturated carbocycles. The lowest BCUT2D eigenvalue weighted by Gasteiger charge is -2.25. The Morgan fingerprint density at radius 3 is 2.47 bits per heavy atom. The van der Waals surface area contributed by atoms with Gasteiger partial charge in [-0.25, -0.2) is 0 Å². The molecule has 0 aliphatic heterocycles. The van der Waals surface area contributed by atoms with Crippen molar-refractivity contribution in [1.29, 1.82) is 0 Å². The molecule has 0 saturated heterocycles. The molecule has 0 fully saturated rings. The SMILES string of the molecule is CCOCC(C)Nc1ccccc1C(C)(C)C. The molecule has 1 unspecified atom stereocenters. The number of nitrogens with one attached hydrogen (secondary N) is 1. The molecule has 2 heteroatoms. The van der Waals surface area contributed by atoms with Gasteiger partial charge in [-0.05, 0) is 30.9 Å². The van der Waals surface area contributed by atoms with E-state index in [1.807, 2.05) is 6.92 Å². The molecule has 96 valence electrons. The van der Waals surface area contributed by atoms with Crippen molar-refractivity contribution >= 4 is 5.69 Å². The van der Waals surface area contributed by atoms with Gasteiger partial charge < -0.3 is 10.1 Å². The van der Waals surface area contributed by atoms with Gasteiger partial charge in [-0.15, -0.1) is 0 Å². The van der Waals surface area contributed by atoms with Crippen LogP contribution in [0.2, 0.25) is 0 Å². The van der Waals surface area contributed by atoms with E-state index in [1.54, 1.807) is 0 Å². The second-order valence-electron chi connectivity index (χ2n) is 5.50. The first-order valence-electron chi connectivity index (χ1n) is 6.39. The van der Waals surface area contributed by atoms with E-state index in [0.717, 1.165) is 13.2 Å². The van der Waals surface area contributed by atoms with Crippen LogP contribution in [0, 0.1) is 0 Å². The standard InChI is InChI=1S/C15H25NO/c1-6-17-11-12(2)16-14-10-8-7-9-13(14)15(3,4)5/h7-10,12,16H,6,11H2,1-5H3. The number of para-hydroxylation sites is 1. The highest BCUT2D eigenvalue weighted by molar-refractivity contribution is 5.54. The van der Waals surface area contributed by atoms with E-state index < -0.39 is 0 Å². The molecule has 0 heterocycles. The molecule has 0 aromatic heterocycles. The van der Waals surface area contributed by atoms with Crippen LogP contribution < -0.4 is 5.32 Å². The summed E-state index contributed by atoms with van der Waals surface area (Å²) in [7, 11) is 0. The van der Waals surface area contributed by atoms with Crippen molar-refractivity contribution in [2.24, 2.45) is 0 Å². The molecule has 1 aromatic rings. The molecule has 0 spiro atoms. The van der Waals surface area contributed by atoms with Crippen LogP contribution in [-0.2, 0) is 10.2 Å². The molecular formula is C15H25NO. The van der Waals surface area contributed by atoms with Crippen LogP contribution in [0.25, 0.3) is 0 Å². The molecule has 1 atom stereocenters. The minimum Gasteiger partial charge on any atom is -0.380 e. The highest BCUT2D eigenvalue weighted by Crippen LogP contribution is 2.29. The maximum atomic E-state index is 5.43. The van der Waals surface area contributed by atoms with Crippen LogP contribution in [-0.4, -0.2) is 19.3 Å². The van der Waals surface area contributed by atoms with Crippen LogP contribution in [0.4, 0.5) is 5.69 Å². The van der Waals surface area contributed by atoms with E-state index in [9.17, 15) is 0 Å². The molecule has 0 radical (unpaired) electrons. The lowest BCUT2D eigenvalue weighted by molar-refractivity contribution is 0.141. The van der Waals surface area contributed by atoms with Crippen LogP contribution in [0.1, 0.15) is 40.2 Å².